The van der Waals surface area contributed by atoms with Crippen LogP contribution in [0.1, 0.15) is 48.0 Å². The molecule has 0 rings (SSSR count). The van der Waals surface area contributed by atoms with Crippen molar-refractivity contribution in [2.75, 3.05) is 12.8 Å². The third-order valence-electron chi connectivity index (χ3n) is 2.53. The van der Waals surface area contributed by atoms with Gasteiger partial charge in [0.05, 0.1) is 6.26 Å². The molecule has 0 aliphatic carbocycles. The first-order valence-corrected chi connectivity index (χ1v) is 7.62. The summed E-state index contributed by atoms with van der Waals surface area (Å²) in [6.07, 6.45) is 1.44. The highest BCUT2D eigenvalue weighted by molar-refractivity contribution is 7.88. The molecule has 0 aliphatic heterocycles. The number of hydrogen-bond acceptors (Lipinski definition) is 3. The van der Waals surface area contributed by atoms with E-state index in [1.54, 1.807) is 0 Å². The molecular weight excluding hydrogens is 238 g/mol. The van der Waals surface area contributed by atoms with Gasteiger partial charge in [-0.3, -0.25) is 4.79 Å². The quantitative estimate of drug-likeness (QED) is 0.780. The van der Waals surface area contributed by atoms with E-state index in [0.29, 0.717) is 0 Å². The van der Waals surface area contributed by atoms with Gasteiger partial charge in [-0.05, 0) is 20.8 Å². The van der Waals surface area contributed by atoms with Crippen molar-refractivity contribution in [3.8, 4) is 0 Å². The minimum Gasteiger partial charge on any atom is -0.299 e. The minimum atomic E-state index is -3.28. The molecule has 0 bridgehead atoms. The summed E-state index contributed by atoms with van der Waals surface area (Å²) in [7, 11) is -3.28. The Balaban J connectivity index is 4.79. The lowest BCUT2D eigenvalue weighted by molar-refractivity contribution is -0.126. The highest BCUT2D eigenvalue weighted by Crippen LogP contribution is 2.21. The standard InChI is InChI=1S/C12H25NO3S/c1-11(2,3)10(14)8-9-13(12(4,5)6)17(7,15)16/h8-9H2,1-7H3. The van der Waals surface area contributed by atoms with Crippen molar-refractivity contribution < 1.29 is 13.2 Å². The van der Waals surface area contributed by atoms with Gasteiger partial charge in [0.25, 0.3) is 0 Å². The van der Waals surface area contributed by atoms with Gasteiger partial charge in [0.1, 0.15) is 5.78 Å². The SMILES string of the molecule is CC(C)(C)C(=O)CCN(C(C)(C)C)S(C)(=O)=O. The summed E-state index contributed by atoms with van der Waals surface area (Å²) in [5.41, 5.74) is -0.910. The number of carbonyl (C=O) groups is 1. The van der Waals surface area contributed by atoms with Crippen LogP contribution in [0.2, 0.25) is 0 Å². The van der Waals surface area contributed by atoms with Gasteiger partial charge in [-0.25, -0.2) is 8.42 Å². The predicted octanol–water partition coefficient (Wildman–Crippen LogP) is 2.05. The molecule has 0 atom stereocenters. The van der Waals surface area contributed by atoms with Crippen molar-refractivity contribution >= 4 is 15.8 Å². The van der Waals surface area contributed by atoms with Gasteiger partial charge >= 0.3 is 0 Å². The third-order valence-corrected chi connectivity index (χ3v) is 4.06. The van der Waals surface area contributed by atoms with Gasteiger partial charge in [0, 0.05) is 23.9 Å². The molecule has 0 aliphatic rings. The molecule has 0 saturated carbocycles. The van der Waals surface area contributed by atoms with Crippen LogP contribution in [0.4, 0.5) is 0 Å². The second-order valence-corrected chi connectivity index (χ2v) is 8.34. The van der Waals surface area contributed by atoms with Gasteiger partial charge in [-0.2, -0.15) is 4.31 Å². The van der Waals surface area contributed by atoms with Crippen LogP contribution in [0.25, 0.3) is 0 Å². The van der Waals surface area contributed by atoms with Crippen molar-refractivity contribution in [2.24, 2.45) is 5.41 Å². The maximum Gasteiger partial charge on any atom is 0.211 e. The summed E-state index contributed by atoms with van der Waals surface area (Å²) in [5.74, 6) is 0.0791. The normalized spacial score (nSPS) is 14.1. The lowest BCUT2D eigenvalue weighted by Crippen LogP contribution is -2.46. The highest BCUT2D eigenvalue weighted by Gasteiger charge is 2.31. The number of hydrogen-bond donors (Lipinski definition) is 0. The summed E-state index contributed by atoms with van der Waals surface area (Å²) < 4.78 is 24.7. The molecular formula is C12H25NO3S. The third kappa shape index (κ3) is 5.64. The first-order chi connectivity index (χ1) is 7.26. The number of Topliss-reactive ketones (excluding diaryl/α,β-unsaturated/α-hetero) is 1. The maximum absolute atomic E-state index is 11.8. The highest BCUT2D eigenvalue weighted by atomic mass is 32.2. The first-order valence-electron chi connectivity index (χ1n) is 5.77. The second-order valence-electron chi connectivity index (χ2n) is 6.43. The molecule has 0 aromatic rings. The average molecular weight is 263 g/mol. The van der Waals surface area contributed by atoms with Crippen molar-refractivity contribution in [3.63, 3.8) is 0 Å². The lowest BCUT2D eigenvalue weighted by atomic mass is 9.89. The van der Waals surface area contributed by atoms with Crippen molar-refractivity contribution in [1.29, 1.82) is 0 Å². The molecule has 4 nitrogen and oxygen atoms in total. The molecule has 0 aromatic heterocycles. The topological polar surface area (TPSA) is 54.5 Å². The van der Waals surface area contributed by atoms with Gasteiger partial charge in [0.15, 0.2) is 0 Å². The molecule has 0 fully saturated rings. The Morgan fingerprint density at radius 2 is 1.47 bits per heavy atom. The van der Waals surface area contributed by atoms with Crippen LogP contribution in [0.5, 0.6) is 0 Å². The van der Waals surface area contributed by atoms with Crippen LogP contribution in [-0.4, -0.2) is 36.8 Å². The van der Waals surface area contributed by atoms with E-state index in [9.17, 15) is 13.2 Å². The smallest absolute Gasteiger partial charge is 0.211 e. The summed E-state index contributed by atoms with van der Waals surface area (Å²) in [4.78, 5) is 11.8. The Kier molecular flexibility index (Phi) is 4.94. The zero-order valence-corrected chi connectivity index (χ0v) is 12.8. The molecule has 5 heteroatoms. The summed E-state index contributed by atoms with van der Waals surface area (Å²) in [6, 6.07) is 0. The number of ketones is 1. The van der Waals surface area contributed by atoms with Gasteiger partial charge in [-0.15, -0.1) is 0 Å². The number of sulfonamides is 1. The monoisotopic (exact) mass is 263 g/mol. The summed E-state index contributed by atoms with van der Waals surface area (Å²) >= 11 is 0. The zero-order chi connectivity index (χ0) is 14.1. The molecule has 0 aromatic carbocycles. The van der Waals surface area contributed by atoms with E-state index in [-0.39, 0.29) is 18.7 Å². The van der Waals surface area contributed by atoms with E-state index in [1.165, 1.54) is 10.6 Å². The molecule has 0 heterocycles. The Morgan fingerprint density at radius 1 is 1.06 bits per heavy atom. The van der Waals surface area contributed by atoms with E-state index in [2.05, 4.69) is 0 Å². The average Bonchev–Trinajstić information content (AvgIpc) is 1.96. The fourth-order valence-electron chi connectivity index (χ4n) is 1.58. The number of nitrogens with zero attached hydrogens (tertiary/aromatic N) is 1. The van der Waals surface area contributed by atoms with Crippen LogP contribution >= 0.6 is 0 Å². The first kappa shape index (κ1) is 16.6. The van der Waals surface area contributed by atoms with Gasteiger partial charge < -0.3 is 0 Å². The molecule has 0 unspecified atom stereocenters. The molecule has 0 spiro atoms. The molecule has 0 N–H and O–H groups in total. The van der Waals surface area contributed by atoms with Gasteiger partial charge in [-0.1, -0.05) is 20.8 Å². The van der Waals surface area contributed by atoms with E-state index in [1.807, 2.05) is 41.5 Å². The van der Waals surface area contributed by atoms with E-state index in [4.69, 9.17) is 0 Å². The lowest BCUT2D eigenvalue weighted by Gasteiger charge is -2.33. The summed E-state index contributed by atoms with van der Waals surface area (Å²) in [6.45, 7) is 11.3. The molecule has 0 amide bonds. The van der Waals surface area contributed by atoms with Crippen LogP contribution in [0.3, 0.4) is 0 Å². The fraction of sp³-hybridized carbons (Fsp3) is 0.917. The van der Waals surface area contributed by atoms with Crippen molar-refractivity contribution in [3.05, 3.63) is 0 Å². The van der Waals surface area contributed by atoms with Crippen LogP contribution in [-0.2, 0) is 14.8 Å². The van der Waals surface area contributed by atoms with Crippen molar-refractivity contribution in [2.45, 2.75) is 53.5 Å². The molecule has 17 heavy (non-hydrogen) atoms. The predicted molar refractivity (Wildman–Crippen MR) is 70.4 cm³/mol. The molecule has 102 valence electrons. The van der Waals surface area contributed by atoms with Crippen LogP contribution < -0.4 is 0 Å². The maximum atomic E-state index is 11.8. The van der Waals surface area contributed by atoms with E-state index >= 15 is 0 Å². The minimum absolute atomic E-state index is 0.0791. The Morgan fingerprint density at radius 3 is 1.71 bits per heavy atom. The van der Waals surface area contributed by atoms with Gasteiger partial charge in [0.2, 0.25) is 10.0 Å². The number of carbonyl (C=O) groups excluding carboxylic acids is 1. The summed E-state index contributed by atoms with van der Waals surface area (Å²) in [5, 5.41) is 0. The Labute approximate surface area is 105 Å². The largest absolute Gasteiger partial charge is 0.299 e. The van der Waals surface area contributed by atoms with Crippen molar-refractivity contribution in [1.82, 2.24) is 4.31 Å². The Bertz CT molecular complexity index is 372. The number of rotatable bonds is 4. The fourth-order valence-corrected chi connectivity index (χ4v) is 2.99. The molecule has 0 radical (unpaired) electrons. The van der Waals surface area contributed by atoms with E-state index < -0.39 is 21.0 Å². The Hall–Kier alpha value is -0.420. The van der Waals surface area contributed by atoms with Crippen LogP contribution in [0, 0.1) is 5.41 Å². The molecule has 0 saturated heterocycles. The zero-order valence-electron chi connectivity index (χ0n) is 12.0. The van der Waals surface area contributed by atoms with Crippen LogP contribution in [0.15, 0.2) is 0 Å². The second kappa shape index (κ2) is 5.06. The van der Waals surface area contributed by atoms with E-state index in [0.717, 1.165) is 0 Å².